The highest BCUT2D eigenvalue weighted by atomic mass is 16.8. The van der Waals surface area contributed by atoms with Crippen molar-refractivity contribution in [1.29, 1.82) is 0 Å². The van der Waals surface area contributed by atoms with Gasteiger partial charge in [0.05, 0.1) is 29.9 Å². The van der Waals surface area contributed by atoms with E-state index in [2.05, 4.69) is 4.74 Å². The Morgan fingerprint density at radius 3 is 2.14 bits per heavy atom. The average molecular weight is 614 g/mol. The molecule has 16 nitrogen and oxygen atoms in total. The molecule has 2 fully saturated rings. The van der Waals surface area contributed by atoms with Crippen molar-refractivity contribution in [2.24, 2.45) is 0 Å². The minimum absolute atomic E-state index is 0.00965. The third-order valence-electron chi connectivity index (χ3n) is 7.53. The number of allylic oxidation sites excluding steroid dienone is 2. The van der Waals surface area contributed by atoms with Gasteiger partial charge in [0.25, 0.3) is 0 Å². The molecule has 0 amide bonds. The first kappa shape index (κ1) is 30.9. The van der Waals surface area contributed by atoms with Crippen molar-refractivity contribution in [3.63, 3.8) is 0 Å². The molecule has 0 saturated carbocycles. The number of fused-ring (bicyclic) bond motifs is 1. The van der Waals surface area contributed by atoms with Gasteiger partial charge in [0.1, 0.15) is 48.1 Å². The van der Waals surface area contributed by atoms with Crippen molar-refractivity contribution >= 4 is 5.76 Å². The molecule has 12 N–H and O–H groups in total. The number of aliphatic hydroxyl groups excluding tert-OH is 8. The molecular weight excluding hydrogens is 580 g/mol. The highest BCUT2D eigenvalue weighted by Gasteiger charge is 2.51. The summed E-state index contributed by atoms with van der Waals surface area (Å²) < 4.78 is 27.3. The third kappa shape index (κ3) is 5.72. The number of hydrogen-bond acceptors (Lipinski definition) is 15. The van der Waals surface area contributed by atoms with Gasteiger partial charge in [-0.1, -0.05) is 0 Å². The van der Waals surface area contributed by atoms with Crippen molar-refractivity contribution in [1.82, 2.24) is 0 Å². The number of aromatic hydroxyl groups is 3. The van der Waals surface area contributed by atoms with Gasteiger partial charge in [-0.05, 0) is 6.92 Å². The maximum absolute atomic E-state index is 11.0. The molecule has 4 aliphatic rings. The van der Waals surface area contributed by atoms with E-state index in [1.165, 1.54) is 19.1 Å². The maximum atomic E-state index is 11.0. The molecule has 16 heteroatoms. The van der Waals surface area contributed by atoms with Gasteiger partial charge in [0.2, 0.25) is 18.2 Å². The van der Waals surface area contributed by atoms with Crippen LogP contribution >= 0.6 is 0 Å². The lowest BCUT2D eigenvalue weighted by Gasteiger charge is -2.45. The SMILES string of the molecule is CC1OC(OC2C(OC3=C(c4cc(O)c(O)c(O)c4)[OH+]C4C=C(O)C=C(O)C4=C3)OC(CO)C(O)C2O)C(O)C(O)C1O. The van der Waals surface area contributed by atoms with Crippen LogP contribution < -0.4 is 0 Å². The molecule has 0 spiro atoms. The standard InChI is InChI=1S/C27H32O16/c1-8-18(33)21(36)23(38)26(39-8)43-25-22(37)20(35)17(7-28)42-27(25)41-16-6-11-12(30)4-10(29)5-15(11)40-24(16)9-2-13(31)19(34)14(32)3-9/h2-6,8,15,17-18,20-23,25-38H,7H2,1H3/p+1. The van der Waals surface area contributed by atoms with Crippen LogP contribution in [0.2, 0.25) is 0 Å². The number of aliphatic hydroxyl groups is 10. The zero-order chi connectivity index (χ0) is 31.3. The Bertz CT molecular complexity index is 1330. The second-order valence-corrected chi connectivity index (χ2v) is 10.5. The van der Waals surface area contributed by atoms with Crippen molar-refractivity contribution < 1.29 is 79.9 Å². The molecule has 43 heavy (non-hydrogen) atoms. The molecule has 0 radical (unpaired) electrons. The first-order valence-corrected chi connectivity index (χ1v) is 13.2. The fraction of sp³-hybridized carbons (Fsp3) is 0.481. The zero-order valence-corrected chi connectivity index (χ0v) is 22.4. The summed E-state index contributed by atoms with van der Waals surface area (Å²) in [7, 11) is 0. The minimum Gasteiger partial charge on any atom is -0.571 e. The largest absolute Gasteiger partial charge is 0.571 e. The predicted molar refractivity (Wildman–Crippen MR) is 140 cm³/mol. The van der Waals surface area contributed by atoms with Crippen LogP contribution in [0.25, 0.3) is 5.76 Å². The van der Waals surface area contributed by atoms with E-state index in [1.54, 1.807) is 0 Å². The molecular formula is C27H33O16+. The van der Waals surface area contributed by atoms with Gasteiger partial charge in [0, 0.05) is 24.3 Å². The Labute approximate surface area is 243 Å². The number of phenols is 3. The van der Waals surface area contributed by atoms with Crippen LogP contribution in [0.5, 0.6) is 17.2 Å². The Hall–Kier alpha value is -3.58. The summed E-state index contributed by atoms with van der Waals surface area (Å²) in [5.74, 6) is -3.27. The van der Waals surface area contributed by atoms with E-state index in [4.69, 9.17) is 18.9 Å². The number of hydrogen-bond donors (Lipinski definition) is 11. The Morgan fingerprint density at radius 2 is 1.49 bits per heavy atom. The van der Waals surface area contributed by atoms with Gasteiger partial charge >= 0.3 is 5.76 Å². The number of rotatable bonds is 6. The molecule has 3 aliphatic heterocycles. The first-order valence-electron chi connectivity index (χ1n) is 13.2. The van der Waals surface area contributed by atoms with Gasteiger partial charge in [-0.3, -0.25) is 0 Å². The highest BCUT2D eigenvalue weighted by molar-refractivity contribution is 5.71. The third-order valence-corrected chi connectivity index (χ3v) is 7.53. The van der Waals surface area contributed by atoms with Gasteiger partial charge in [-0.2, -0.15) is 0 Å². The van der Waals surface area contributed by atoms with Gasteiger partial charge in [-0.25, -0.2) is 0 Å². The van der Waals surface area contributed by atoms with Crippen LogP contribution in [0, 0.1) is 0 Å². The van der Waals surface area contributed by atoms with E-state index < -0.39 is 91.4 Å². The normalized spacial score (nSPS) is 37.9. The van der Waals surface area contributed by atoms with Crippen LogP contribution in [0.15, 0.2) is 53.2 Å². The predicted octanol–water partition coefficient (Wildman–Crippen LogP) is -2.13. The highest BCUT2D eigenvalue weighted by Crippen LogP contribution is 2.42. The first-order chi connectivity index (χ1) is 20.3. The van der Waals surface area contributed by atoms with Crippen molar-refractivity contribution in [3.8, 4) is 17.2 Å². The van der Waals surface area contributed by atoms with Crippen molar-refractivity contribution in [2.75, 3.05) is 6.61 Å². The van der Waals surface area contributed by atoms with Crippen LogP contribution in [0.1, 0.15) is 12.5 Å². The van der Waals surface area contributed by atoms with E-state index in [9.17, 15) is 56.2 Å². The number of ether oxygens (including phenoxy) is 5. The van der Waals surface area contributed by atoms with Crippen LogP contribution in [-0.4, -0.2) is 135 Å². The lowest BCUT2D eigenvalue weighted by Crippen LogP contribution is -2.64. The van der Waals surface area contributed by atoms with Crippen molar-refractivity contribution in [3.05, 3.63) is 58.8 Å². The second-order valence-electron chi connectivity index (χ2n) is 10.5. The Kier molecular flexibility index (Phi) is 8.50. The summed E-state index contributed by atoms with van der Waals surface area (Å²) >= 11 is 0. The van der Waals surface area contributed by atoms with Crippen LogP contribution in [0.4, 0.5) is 0 Å². The fourth-order valence-electron chi connectivity index (χ4n) is 5.10. The molecule has 236 valence electrons. The van der Waals surface area contributed by atoms with Crippen LogP contribution in [-0.2, 0) is 18.9 Å². The second kappa shape index (κ2) is 11.8. The van der Waals surface area contributed by atoms with E-state index in [-0.39, 0.29) is 34.2 Å². The molecule has 1 aromatic rings. The molecule has 2 saturated heterocycles. The summed E-state index contributed by atoms with van der Waals surface area (Å²) in [6.45, 7) is 0.624. The smallest absolute Gasteiger partial charge is 0.305 e. The summed E-state index contributed by atoms with van der Waals surface area (Å²) in [5.41, 5.74) is 0.123. The molecule has 1 aliphatic carbocycles. The van der Waals surface area contributed by atoms with Gasteiger partial charge in [0.15, 0.2) is 29.6 Å². The summed E-state index contributed by atoms with van der Waals surface area (Å²) in [6.07, 6.45) is -13.3. The summed E-state index contributed by atoms with van der Waals surface area (Å²) in [5, 5.41) is 113. The fourth-order valence-corrected chi connectivity index (χ4v) is 5.10. The number of phenolic OH excluding ortho intramolecular Hbond substituents is 3. The minimum atomic E-state index is -1.83. The zero-order valence-electron chi connectivity index (χ0n) is 22.4. The molecule has 11 unspecified atom stereocenters. The van der Waals surface area contributed by atoms with Crippen molar-refractivity contribution in [2.45, 2.75) is 74.4 Å². The molecule has 3 heterocycles. The van der Waals surface area contributed by atoms with Gasteiger partial charge < -0.3 is 79.9 Å². The topological polar surface area (TPSA) is 272 Å². The van der Waals surface area contributed by atoms with Crippen LogP contribution in [0.3, 0.4) is 0 Å². The summed E-state index contributed by atoms with van der Waals surface area (Å²) in [4.78, 5) is 0. The lowest BCUT2D eigenvalue weighted by atomic mass is 9.96. The monoisotopic (exact) mass is 613 g/mol. The molecule has 11 atom stereocenters. The maximum Gasteiger partial charge on any atom is 0.305 e. The summed E-state index contributed by atoms with van der Waals surface area (Å²) in [6, 6.07) is 2.09. The molecule has 5 rings (SSSR count). The van der Waals surface area contributed by atoms with E-state index in [0.29, 0.717) is 0 Å². The quantitative estimate of drug-likeness (QED) is 0.121. The van der Waals surface area contributed by atoms with E-state index in [1.807, 2.05) is 0 Å². The number of benzene rings is 1. The molecule has 0 bridgehead atoms. The Morgan fingerprint density at radius 1 is 0.814 bits per heavy atom. The van der Waals surface area contributed by atoms with E-state index >= 15 is 0 Å². The Balaban J connectivity index is 1.55. The molecule has 0 aromatic heterocycles. The van der Waals surface area contributed by atoms with Gasteiger partial charge in [-0.15, -0.1) is 0 Å². The molecule has 1 aromatic carbocycles. The average Bonchev–Trinajstić information content (AvgIpc) is 2.96. The lowest BCUT2D eigenvalue weighted by molar-refractivity contribution is -0.360. The van der Waals surface area contributed by atoms with E-state index in [0.717, 1.165) is 18.2 Å².